The van der Waals surface area contributed by atoms with E-state index in [0.717, 1.165) is 11.1 Å². The fourth-order valence-electron chi connectivity index (χ4n) is 1.91. The summed E-state index contributed by atoms with van der Waals surface area (Å²) in [5.74, 6) is 6.84. The van der Waals surface area contributed by atoms with Gasteiger partial charge in [-0.2, -0.15) is 0 Å². The van der Waals surface area contributed by atoms with Crippen molar-refractivity contribution < 1.29 is 4.84 Å². The van der Waals surface area contributed by atoms with E-state index in [9.17, 15) is 0 Å². The van der Waals surface area contributed by atoms with Crippen LogP contribution in [0.2, 0.25) is 5.02 Å². The topological polar surface area (TPSA) is 21.6 Å². The van der Waals surface area contributed by atoms with Crippen molar-refractivity contribution in [2.75, 3.05) is 0 Å². The molecule has 3 heteroatoms. The first-order valence-electron chi connectivity index (χ1n) is 7.32. The predicted octanol–water partition coefficient (Wildman–Crippen LogP) is 4.85. The molecule has 22 heavy (non-hydrogen) atoms. The molecule has 1 saturated carbocycles. The monoisotopic (exact) mass is 309 g/mol. The predicted molar refractivity (Wildman–Crippen MR) is 89.8 cm³/mol. The minimum absolute atomic E-state index is 0.369. The molecule has 0 aromatic heterocycles. The van der Waals surface area contributed by atoms with Gasteiger partial charge in [-0.15, -0.1) is 0 Å². The van der Waals surface area contributed by atoms with Gasteiger partial charge in [0.2, 0.25) is 6.10 Å². The lowest BCUT2D eigenvalue weighted by Crippen LogP contribution is -1.98. The first-order valence-corrected chi connectivity index (χ1v) is 7.70. The Balaban J connectivity index is 1.77. The Morgan fingerprint density at radius 2 is 1.82 bits per heavy atom. The largest absolute Gasteiger partial charge is 0.375 e. The highest BCUT2D eigenvalue weighted by Gasteiger charge is 2.19. The van der Waals surface area contributed by atoms with Gasteiger partial charge >= 0.3 is 0 Å². The van der Waals surface area contributed by atoms with Crippen molar-refractivity contribution in [1.82, 2.24) is 0 Å². The van der Waals surface area contributed by atoms with Gasteiger partial charge in [-0.05, 0) is 48.9 Å². The van der Waals surface area contributed by atoms with E-state index in [1.165, 1.54) is 12.8 Å². The molecule has 0 heterocycles. The van der Waals surface area contributed by atoms with Crippen LogP contribution in [0.5, 0.6) is 0 Å². The van der Waals surface area contributed by atoms with Crippen molar-refractivity contribution in [3.63, 3.8) is 0 Å². The van der Waals surface area contributed by atoms with Crippen LogP contribution in [0.25, 0.3) is 0 Å². The Hall–Kier alpha value is -2.24. The summed E-state index contributed by atoms with van der Waals surface area (Å²) in [6.07, 6.45) is 3.92. The minimum Gasteiger partial charge on any atom is -0.375 e. The Morgan fingerprint density at radius 1 is 1.09 bits per heavy atom. The lowest BCUT2D eigenvalue weighted by atomic mass is 10.1. The van der Waals surface area contributed by atoms with Gasteiger partial charge in [0.1, 0.15) is 0 Å². The van der Waals surface area contributed by atoms with Gasteiger partial charge < -0.3 is 4.84 Å². The van der Waals surface area contributed by atoms with E-state index in [1.54, 1.807) is 0 Å². The maximum absolute atomic E-state index is 5.88. The van der Waals surface area contributed by atoms with E-state index in [0.29, 0.717) is 10.9 Å². The number of rotatable bonds is 4. The summed E-state index contributed by atoms with van der Waals surface area (Å²) in [4.78, 5) is 5.59. The summed E-state index contributed by atoms with van der Waals surface area (Å²) in [5, 5.41) is 4.79. The molecule has 1 atom stereocenters. The molecule has 2 aromatic rings. The number of hydrogen-bond acceptors (Lipinski definition) is 2. The average Bonchev–Trinajstić information content (AvgIpc) is 3.37. The SMILES string of the molecule is Clc1ccc(C#CC(O/N=C\C2CC2)c2ccccc2)cc1. The summed E-state index contributed by atoms with van der Waals surface area (Å²) >= 11 is 5.88. The molecule has 1 fully saturated rings. The average molecular weight is 310 g/mol. The molecule has 0 amide bonds. The van der Waals surface area contributed by atoms with E-state index in [1.807, 2.05) is 60.8 Å². The van der Waals surface area contributed by atoms with Gasteiger partial charge in [-0.25, -0.2) is 0 Å². The number of benzene rings is 2. The van der Waals surface area contributed by atoms with E-state index in [-0.39, 0.29) is 6.10 Å². The molecule has 0 aliphatic heterocycles. The zero-order chi connectivity index (χ0) is 15.2. The van der Waals surface area contributed by atoms with Crippen molar-refractivity contribution >= 4 is 17.8 Å². The second kappa shape index (κ2) is 7.15. The van der Waals surface area contributed by atoms with Crippen LogP contribution >= 0.6 is 11.6 Å². The van der Waals surface area contributed by atoms with Gasteiger partial charge in [0.15, 0.2) is 0 Å². The second-order valence-corrected chi connectivity index (χ2v) is 5.70. The highest BCUT2D eigenvalue weighted by atomic mass is 35.5. The Bertz CT molecular complexity index is 694. The van der Waals surface area contributed by atoms with Gasteiger partial charge in [-0.1, -0.05) is 53.0 Å². The second-order valence-electron chi connectivity index (χ2n) is 5.26. The minimum atomic E-state index is -0.369. The van der Waals surface area contributed by atoms with Crippen molar-refractivity contribution in [2.24, 2.45) is 11.1 Å². The molecule has 1 aliphatic carbocycles. The van der Waals surface area contributed by atoms with Crippen LogP contribution in [-0.4, -0.2) is 6.21 Å². The molecular weight excluding hydrogens is 294 g/mol. The molecule has 110 valence electrons. The van der Waals surface area contributed by atoms with Crippen LogP contribution in [0.3, 0.4) is 0 Å². The zero-order valence-electron chi connectivity index (χ0n) is 12.1. The molecular formula is C19H16ClNO. The van der Waals surface area contributed by atoms with Crippen LogP contribution in [0, 0.1) is 17.8 Å². The highest BCUT2D eigenvalue weighted by molar-refractivity contribution is 6.30. The van der Waals surface area contributed by atoms with Gasteiger partial charge in [0.25, 0.3) is 0 Å². The van der Waals surface area contributed by atoms with Gasteiger partial charge in [0, 0.05) is 22.4 Å². The summed E-state index contributed by atoms with van der Waals surface area (Å²) in [6.45, 7) is 0. The Labute approximate surface area is 135 Å². The van der Waals surface area contributed by atoms with Crippen LogP contribution in [0.1, 0.15) is 30.1 Å². The quantitative estimate of drug-likeness (QED) is 0.449. The van der Waals surface area contributed by atoms with Crippen molar-refractivity contribution in [3.05, 3.63) is 70.7 Å². The van der Waals surface area contributed by atoms with Crippen molar-refractivity contribution in [1.29, 1.82) is 0 Å². The third-order valence-electron chi connectivity index (χ3n) is 3.35. The highest BCUT2D eigenvalue weighted by Crippen LogP contribution is 2.27. The molecule has 0 radical (unpaired) electrons. The smallest absolute Gasteiger partial charge is 0.213 e. The van der Waals surface area contributed by atoms with Crippen molar-refractivity contribution in [3.8, 4) is 11.8 Å². The summed E-state index contributed by atoms with van der Waals surface area (Å²) in [6, 6.07) is 17.4. The first kappa shape index (κ1) is 14.7. The Kier molecular flexibility index (Phi) is 4.78. The number of nitrogens with zero attached hydrogens (tertiary/aromatic N) is 1. The maximum Gasteiger partial charge on any atom is 0.213 e. The standard InChI is InChI=1S/C19H16ClNO/c20-18-11-8-15(9-12-18)10-13-19(17-4-2-1-3-5-17)22-21-14-16-6-7-16/h1-5,8-9,11-12,14,16,19H,6-7H2/b21-14-. The summed E-state index contributed by atoms with van der Waals surface area (Å²) in [7, 11) is 0. The van der Waals surface area contributed by atoms with E-state index < -0.39 is 0 Å². The van der Waals surface area contributed by atoms with E-state index in [2.05, 4.69) is 17.0 Å². The molecule has 3 rings (SSSR count). The molecule has 0 N–H and O–H groups in total. The third-order valence-corrected chi connectivity index (χ3v) is 3.61. The van der Waals surface area contributed by atoms with Crippen LogP contribution in [-0.2, 0) is 4.84 Å². The zero-order valence-corrected chi connectivity index (χ0v) is 12.8. The number of oxime groups is 1. The normalized spacial score (nSPS) is 15.1. The molecule has 1 unspecified atom stereocenters. The lowest BCUT2D eigenvalue weighted by molar-refractivity contribution is 0.100. The number of halogens is 1. The third kappa shape index (κ3) is 4.38. The fourth-order valence-corrected chi connectivity index (χ4v) is 2.03. The molecule has 2 aromatic carbocycles. The van der Waals surface area contributed by atoms with Crippen LogP contribution in [0.4, 0.5) is 0 Å². The summed E-state index contributed by atoms with van der Waals surface area (Å²) < 4.78 is 0. The first-order chi connectivity index (χ1) is 10.8. The molecule has 1 aliphatic rings. The Morgan fingerprint density at radius 3 is 2.50 bits per heavy atom. The lowest BCUT2D eigenvalue weighted by Gasteiger charge is -2.08. The molecule has 0 bridgehead atoms. The number of hydrogen-bond donors (Lipinski definition) is 0. The fraction of sp³-hybridized carbons (Fsp3) is 0.211. The van der Waals surface area contributed by atoms with E-state index in [4.69, 9.17) is 16.4 Å². The summed E-state index contributed by atoms with van der Waals surface area (Å²) in [5.41, 5.74) is 1.90. The maximum atomic E-state index is 5.88. The van der Waals surface area contributed by atoms with Gasteiger partial charge in [-0.3, -0.25) is 0 Å². The van der Waals surface area contributed by atoms with Crippen molar-refractivity contribution in [2.45, 2.75) is 18.9 Å². The molecule has 2 nitrogen and oxygen atoms in total. The molecule has 0 saturated heterocycles. The van der Waals surface area contributed by atoms with Crippen LogP contribution in [0.15, 0.2) is 59.8 Å². The molecule has 0 spiro atoms. The van der Waals surface area contributed by atoms with Crippen LogP contribution < -0.4 is 0 Å². The van der Waals surface area contributed by atoms with Gasteiger partial charge in [0.05, 0.1) is 0 Å². The van der Waals surface area contributed by atoms with E-state index >= 15 is 0 Å².